The Balaban J connectivity index is 1.92. The Hall–Kier alpha value is -1.75. The van der Waals surface area contributed by atoms with Crippen molar-refractivity contribution in [3.05, 3.63) is 29.8 Å². The lowest BCUT2D eigenvalue weighted by Crippen LogP contribution is -2.44. The first-order valence-corrected chi connectivity index (χ1v) is 8.27. The second kappa shape index (κ2) is 7.21. The minimum absolute atomic E-state index is 0.0774. The average molecular weight is 319 g/mol. The summed E-state index contributed by atoms with van der Waals surface area (Å²) in [7, 11) is 2.16. The first kappa shape index (κ1) is 17.6. The number of ether oxygens (including phenoxy) is 1. The van der Waals surface area contributed by atoms with Crippen molar-refractivity contribution >= 4 is 11.8 Å². The number of amides is 1. The van der Waals surface area contributed by atoms with Gasteiger partial charge >= 0.3 is 6.09 Å². The Morgan fingerprint density at radius 1 is 1.13 bits per heavy atom. The van der Waals surface area contributed by atoms with Crippen molar-refractivity contribution in [1.29, 1.82) is 0 Å². The van der Waals surface area contributed by atoms with Crippen molar-refractivity contribution < 1.29 is 9.53 Å². The molecule has 0 bridgehead atoms. The van der Waals surface area contributed by atoms with Crippen LogP contribution in [-0.2, 0) is 4.74 Å². The topological polar surface area (TPSA) is 44.8 Å². The molecule has 1 aromatic rings. The van der Waals surface area contributed by atoms with Gasteiger partial charge in [-0.1, -0.05) is 12.1 Å². The zero-order chi connectivity index (χ0) is 17.0. The number of carbonyl (C=O) groups excluding carboxylic acids is 1. The smallest absolute Gasteiger partial charge is 0.408 e. The van der Waals surface area contributed by atoms with E-state index >= 15 is 0 Å². The Morgan fingerprint density at radius 2 is 1.70 bits per heavy atom. The molecule has 128 valence electrons. The lowest BCUT2D eigenvalue weighted by atomic mass is 10.1. The van der Waals surface area contributed by atoms with Crippen LogP contribution in [0.25, 0.3) is 0 Å². The lowest BCUT2D eigenvalue weighted by Gasteiger charge is -2.34. The SMILES string of the molecule is C[C@@H](NC(=O)OC(C)(C)C)c1ccc(N2CCN(C)CC2)cc1. The molecule has 1 aliphatic heterocycles. The molecule has 0 aliphatic carbocycles. The zero-order valence-corrected chi connectivity index (χ0v) is 14.9. The predicted octanol–water partition coefficient (Wildman–Crippen LogP) is 3.02. The van der Waals surface area contributed by atoms with Crippen molar-refractivity contribution in [2.75, 3.05) is 38.1 Å². The molecule has 0 aromatic heterocycles. The van der Waals surface area contributed by atoms with Crippen LogP contribution in [0.15, 0.2) is 24.3 Å². The maximum Gasteiger partial charge on any atom is 0.408 e. The van der Waals surface area contributed by atoms with Crippen LogP contribution in [0, 0.1) is 0 Å². The van der Waals surface area contributed by atoms with Crippen molar-refractivity contribution in [3.8, 4) is 0 Å². The normalized spacial score (nSPS) is 17.7. The van der Waals surface area contributed by atoms with Gasteiger partial charge in [-0.3, -0.25) is 0 Å². The standard InChI is InChI=1S/C18H29N3O2/c1-14(19-17(22)23-18(2,3)4)15-6-8-16(9-7-15)21-12-10-20(5)11-13-21/h6-9,14H,10-13H2,1-5H3,(H,19,22)/t14-/m1/s1. The van der Waals surface area contributed by atoms with Crippen LogP contribution in [0.3, 0.4) is 0 Å². The fraction of sp³-hybridized carbons (Fsp3) is 0.611. The van der Waals surface area contributed by atoms with Crippen LogP contribution in [-0.4, -0.2) is 49.8 Å². The average Bonchev–Trinajstić information content (AvgIpc) is 2.46. The second-order valence-electron chi connectivity index (χ2n) is 7.25. The van der Waals surface area contributed by atoms with Crippen LogP contribution in [0.2, 0.25) is 0 Å². The molecule has 1 N–H and O–H groups in total. The first-order valence-electron chi connectivity index (χ1n) is 8.27. The quantitative estimate of drug-likeness (QED) is 0.930. The Bertz CT molecular complexity index is 514. The van der Waals surface area contributed by atoms with Crippen LogP contribution < -0.4 is 10.2 Å². The number of hydrogen-bond acceptors (Lipinski definition) is 4. The van der Waals surface area contributed by atoms with E-state index in [2.05, 4.69) is 46.4 Å². The van der Waals surface area contributed by atoms with Gasteiger partial charge in [0.05, 0.1) is 6.04 Å². The molecular formula is C18H29N3O2. The molecule has 5 nitrogen and oxygen atoms in total. The fourth-order valence-corrected chi connectivity index (χ4v) is 2.61. The number of nitrogens with zero attached hydrogens (tertiary/aromatic N) is 2. The van der Waals surface area contributed by atoms with E-state index in [0.717, 1.165) is 31.7 Å². The molecule has 1 atom stereocenters. The lowest BCUT2D eigenvalue weighted by molar-refractivity contribution is 0.0508. The van der Waals surface area contributed by atoms with Gasteiger partial charge in [-0.2, -0.15) is 0 Å². The number of hydrogen-bond donors (Lipinski definition) is 1. The molecule has 0 unspecified atom stereocenters. The molecule has 0 radical (unpaired) electrons. The molecule has 1 saturated heterocycles. The number of piperazine rings is 1. The maximum atomic E-state index is 11.8. The molecule has 0 spiro atoms. The summed E-state index contributed by atoms with van der Waals surface area (Å²) in [6.45, 7) is 11.9. The van der Waals surface area contributed by atoms with Crippen LogP contribution >= 0.6 is 0 Å². The van der Waals surface area contributed by atoms with Gasteiger partial charge in [0.15, 0.2) is 0 Å². The number of likely N-dealkylation sites (N-methyl/N-ethyl adjacent to an activating group) is 1. The van der Waals surface area contributed by atoms with E-state index in [1.54, 1.807) is 0 Å². The molecule has 1 aromatic carbocycles. The minimum atomic E-state index is -0.477. The Morgan fingerprint density at radius 3 is 2.22 bits per heavy atom. The van der Waals surface area contributed by atoms with Gasteiger partial charge in [0.25, 0.3) is 0 Å². The summed E-state index contributed by atoms with van der Waals surface area (Å²) in [4.78, 5) is 16.6. The van der Waals surface area contributed by atoms with Gasteiger partial charge in [-0.05, 0) is 52.4 Å². The zero-order valence-electron chi connectivity index (χ0n) is 14.9. The van der Waals surface area contributed by atoms with Crippen molar-refractivity contribution in [2.45, 2.75) is 39.3 Å². The summed E-state index contributed by atoms with van der Waals surface area (Å²) in [5.74, 6) is 0. The number of benzene rings is 1. The first-order chi connectivity index (χ1) is 10.7. The Labute approximate surface area is 139 Å². The molecule has 0 saturated carbocycles. The number of alkyl carbamates (subject to hydrolysis) is 1. The molecule has 23 heavy (non-hydrogen) atoms. The largest absolute Gasteiger partial charge is 0.444 e. The van der Waals surface area contributed by atoms with Gasteiger partial charge in [0.1, 0.15) is 5.60 Å². The van der Waals surface area contributed by atoms with Gasteiger partial charge in [0.2, 0.25) is 0 Å². The minimum Gasteiger partial charge on any atom is -0.444 e. The third-order valence-electron chi connectivity index (χ3n) is 3.99. The van der Waals surface area contributed by atoms with Gasteiger partial charge < -0.3 is 19.9 Å². The summed E-state index contributed by atoms with van der Waals surface area (Å²) in [5, 5.41) is 2.88. The third-order valence-corrected chi connectivity index (χ3v) is 3.99. The molecule has 1 aliphatic rings. The molecule has 1 heterocycles. The molecule has 1 fully saturated rings. The van der Waals surface area contributed by atoms with E-state index in [4.69, 9.17) is 4.74 Å². The van der Waals surface area contributed by atoms with E-state index in [0.29, 0.717) is 0 Å². The summed E-state index contributed by atoms with van der Waals surface area (Å²) < 4.78 is 5.30. The number of nitrogens with one attached hydrogen (secondary N) is 1. The summed E-state index contributed by atoms with van der Waals surface area (Å²) >= 11 is 0. The highest BCUT2D eigenvalue weighted by Crippen LogP contribution is 2.20. The van der Waals surface area contributed by atoms with Crippen LogP contribution in [0.4, 0.5) is 10.5 Å². The highest BCUT2D eigenvalue weighted by Gasteiger charge is 2.19. The van der Waals surface area contributed by atoms with Crippen molar-refractivity contribution in [3.63, 3.8) is 0 Å². The van der Waals surface area contributed by atoms with Gasteiger partial charge in [0, 0.05) is 31.9 Å². The summed E-state index contributed by atoms with van der Waals surface area (Å²) in [5.41, 5.74) is 1.84. The molecule has 5 heteroatoms. The second-order valence-corrected chi connectivity index (χ2v) is 7.25. The number of carbonyl (C=O) groups is 1. The van der Waals surface area contributed by atoms with E-state index < -0.39 is 5.60 Å². The Kier molecular flexibility index (Phi) is 5.52. The molecule has 2 rings (SSSR count). The fourth-order valence-electron chi connectivity index (χ4n) is 2.61. The summed E-state index contributed by atoms with van der Waals surface area (Å²) in [6, 6.07) is 8.35. The number of rotatable bonds is 3. The predicted molar refractivity (Wildman–Crippen MR) is 93.9 cm³/mol. The van der Waals surface area contributed by atoms with Crippen LogP contribution in [0.1, 0.15) is 39.3 Å². The molecule has 1 amide bonds. The number of anilines is 1. The van der Waals surface area contributed by atoms with E-state index in [-0.39, 0.29) is 12.1 Å². The van der Waals surface area contributed by atoms with Crippen molar-refractivity contribution in [1.82, 2.24) is 10.2 Å². The van der Waals surface area contributed by atoms with Gasteiger partial charge in [-0.25, -0.2) is 4.79 Å². The third kappa shape index (κ3) is 5.43. The highest BCUT2D eigenvalue weighted by atomic mass is 16.6. The summed E-state index contributed by atoms with van der Waals surface area (Å²) in [6.07, 6.45) is -0.381. The van der Waals surface area contributed by atoms with E-state index in [1.807, 2.05) is 27.7 Å². The van der Waals surface area contributed by atoms with E-state index in [1.165, 1.54) is 5.69 Å². The highest BCUT2D eigenvalue weighted by molar-refractivity contribution is 5.68. The molecular weight excluding hydrogens is 290 g/mol. The van der Waals surface area contributed by atoms with Crippen molar-refractivity contribution in [2.24, 2.45) is 0 Å². The monoisotopic (exact) mass is 319 g/mol. The van der Waals surface area contributed by atoms with Crippen LogP contribution in [0.5, 0.6) is 0 Å². The van der Waals surface area contributed by atoms with E-state index in [9.17, 15) is 4.79 Å². The van der Waals surface area contributed by atoms with Gasteiger partial charge in [-0.15, -0.1) is 0 Å². The maximum absolute atomic E-state index is 11.8.